The second kappa shape index (κ2) is 5.46. The van der Waals surface area contributed by atoms with Gasteiger partial charge in [0.2, 0.25) is 18.5 Å². The molecule has 0 spiro atoms. The summed E-state index contributed by atoms with van der Waals surface area (Å²) >= 11 is 0. The van der Waals surface area contributed by atoms with Crippen molar-refractivity contribution in [2.75, 3.05) is 19.9 Å². The smallest absolute Gasteiger partial charge is 0.231 e. The number of hydrogen-bond acceptors (Lipinski definition) is 7. The second-order valence-corrected chi connectivity index (χ2v) is 6.71. The molecule has 2 saturated heterocycles. The number of aromatic nitrogens is 2. The van der Waals surface area contributed by atoms with E-state index in [0.29, 0.717) is 24.4 Å². The Kier molecular flexibility index (Phi) is 3.24. The van der Waals surface area contributed by atoms with Crippen molar-refractivity contribution in [3.8, 4) is 11.5 Å². The van der Waals surface area contributed by atoms with Gasteiger partial charge in [-0.3, -0.25) is 4.90 Å². The van der Waals surface area contributed by atoms with Crippen molar-refractivity contribution in [1.29, 1.82) is 0 Å². The van der Waals surface area contributed by atoms with E-state index in [1.165, 1.54) is 5.56 Å². The summed E-state index contributed by atoms with van der Waals surface area (Å²) in [6, 6.07) is 6.16. The molecule has 2 fully saturated rings. The molecule has 4 heterocycles. The van der Waals surface area contributed by atoms with Gasteiger partial charge in [-0.1, -0.05) is 11.2 Å². The molecule has 0 bridgehead atoms. The van der Waals surface area contributed by atoms with Crippen LogP contribution < -0.4 is 9.47 Å². The summed E-state index contributed by atoms with van der Waals surface area (Å²) in [6.07, 6.45) is 1.19. The van der Waals surface area contributed by atoms with Crippen molar-refractivity contribution in [3.05, 3.63) is 35.5 Å². The summed E-state index contributed by atoms with van der Waals surface area (Å²) in [4.78, 5) is 6.73. The molecule has 5 rings (SSSR count). The lowest BCUT2D eigenvalue weighted by Crippen LogP contribution is -2.23. The van der Waals surface area contributed by atoms with Crippen LogP contribution in [0.15, 0.2) is 22.7 Å². The SMILES string of the molecule is Cc1nc([C@@H]2C[C@H]3CN(Cc4ccc5c(c4)OCO5)C[C@H]3O2)no1. The molecule has 7 nitrogen and oxygen atoms in total. The zero-order valence-electron chi connectivity index (χ0n) is 13.5. The number of benzene rings is 1. The Hall–Kier alpha value is -2.12. The third-order valence-corrected chi connectivity index (χ3v) is 4.99. The fraction of sp³-hybridized carbons (Fsp3) is 0.529. The molecule has 3 atom stereocenters. The summed E-state index contributed by atoms with van der Waals surface area (Å²) in [6.45, 7) is 4.99. The van der Waals surface area contributed by atoms with Crippen molar-refractivity contribution in [3.63, 3.8) is 0 Å². The molecule has 0 aliphatic carbocycles. The third kappa shape index (κ3) is 2.44. The summed E-state index contributed by atoms with van der Waals surface area (Å²) in [5, 5.41) is 3.99. The minimum Gasteiger partial charge on any atom is -0.454 e. The summed E-state index contributed by atoms with van der Waals surface area (Å²) < 4.78 is 22.0. The van der Waals surface area contributed by atoms with Crippen LogP contribution in [0.5, 0.6) is 11.5 Å². The molecule has 0 unspecified atom stereocenters. The molecule has 0 radical (unpaired) electrons. The zero-order chi connectivity index (χ0) is 16.1. The van der Waals surface area contributed by atoms with E-state index in [4.69, 9.17) is 18.7 Å². The summed E-state index contributed by atoms with van der Waals surface area (Å²) in [5.41, 5.74) is 1.24. The Labute approximate surface area is 139 Å². The van der Waals surface area contributed by atoms with E-state index in [1.807, 2.05) is 6.07 Å². The van der Waals surface area contributed by atoms with Crippen LogP contribution in [0.4, 0.5) is 0 Å². The molecule has 7 heteroatoms. The van der Waals surface area contributed by atoms with E-state index in [-0.39, 0.29) is 12.2 Å². The number of likely N-dealkylation sites (tertiary alicyclic amines) is 1. The predicted octanol–water partition coefficient (Wildman–Crippen LogP) is 2.07. The molecular weight excluding hydrogens is 310 g/mol. The highest BCUT2D eigenvalue weighted by Crippen LogP contribution is 2.40. The molecule has 3 aliphatic heterocycles. The zero-order valence-corrected chi connectivity index (χ0v) is 13.5. The summed E-state index contributed by atoms with van der Waals surface area (Å²) in [7, 11) is 0. The number of aryl methyl sites for hydroxylation is 1. The molecule has 0 saturated carbocycles. The molecule has 1 aromatic carbocycles. The predicted molar refractivity (Wildman–Crippen MR) is 82.6 cm³/mol. The Morgan fingerprint density at radius 2 is 2.12 bits per heavy atom. The number of hydrogen-bond donors (Lipinski definition) is 0. The van der Waals surface area contributed by atoms with Crippen LogP contribution in [0.1, 0.15) is 29.8 Å². The molecular formula is C17H19N3O4. The van der Waals surface area contributed by atoms with Gasteiger partial charge in [0.1, 0.15) is 6.10 Å². The minimum atomic E-state index is -0.0230. The van der Waals surface area contributed by atoms with Gasteiger partial charge in [-0.2, -0.15) is 4.98 Å². The molecule has 0 amide bonds. The van der Waals surface area contributed by atoms with E-state index in [9.17, 15) is 0 Å². The highest BCUT2D eigenvalue weighted by atomic mass is 16.7. The lowest BCUT2D eigenvalue weighted by Gasteiger charge is -2.18. The van der Waals surface area contributed by atoms with Crippen LogP contribution in [-0.4, -0.2) is 41.0 Å². The molecule has 1 aromatic heterocycles. The Morgan fingerprint density at radius 1 is 1.21 bits per heavy atom. The van der Waals surface area contributed by atoms with Crippen molar-refractivity contribution in [2.24, 2.45) is 5.92 Å². The highest BCUT2D eigenvalue weighted by molar-refractivity contribution is 5.44. The van der Waals surface area contributed by atoms with Crippen LogP contribution in [0, 0.1) is 12.8 Å². The van der Waals surface area contributed by atoms with Gasteiger partial charge in [-0.05, 0) is 24.1 Å². The van der Waals surface area contributed by atoms with E-state index in [0.717, 1.165) is 37.6 Å². The van der Waals surface area contributed by atoms with Gasteiger partial charge in [-0.15, -0.1) is 0 Å². The average Bonchev–Trinajstić information content (AvgIpc) is 3.29. The van der Waals surface area contributed by atoms with Crippen molar-refractivity contribution < 1.29 is 18.7 Å². The maximum Gasteiger partial charge on any atom is 0.231 e. The van der Waals surface area contributed by atoms with E-state index in [2.05, 4.69) is 27.2 Å². The number of rotatable bonds is 3. The monoisotopic (exact) mass is 329 g/mol. The fourth-order valence-corrected chi connectivity index (χ4v) is 3.89. The number of ether oxygens (including phenoxy) is 3. The van der Waals surface area contributed by atoms with Gasteiger partial charge in [0, 0.05) is 32.5 Å². The van der Waals surface area contributed by atoms with Gasteiger partial charge in [0.25, 0.3) is 0 Å². The third-order valence-electron chi connectivity index (χ3n) is 4.99. The Balaban J connectivity index is 1.22. The molecule has 3 aliphatic rings. The fourth-order valence-electron chi connectivity index (χ4n) is 3.89. The lowest BCUT2D eigenvalue weighted by atomic mass is 10.0. The maximum absolute atomic E-state index is 6.16. The van der Waals surface area contributed by atoms with Crippen LogP contribution in [0.25, 0.3) is 0 Å². The maximum atomic E-state index is 6.16. The normalized spacial score (nSPS) is 28.5. The number of nitrogens with zero attached hydrogens (tertiary/aromatic N) is 3. The topological polar surface area (TPSA) is 69.9 Å². The lowest BCUT2D eigenvalue weighted by molar-refractivity contribution is 0.0314. The first kappa shape index (κ1) is 14.2. The van der Waals surface area contributed by atoms with Crippen LogP contribution >= 0.6 is 0 Å². The first-order valence-electron chi connectivity index (χ1n) is 8.31. The Bertz CT molecular complexity index is 748. The Morgan fingerprint density at radius 3 is 2.96 bits per heavy atom. The standard InChI is InChI=1S/C17H19N3O4/c1-10-18-17(19-24-10)15-5-12-7-20(8-16(12)23-15)6-11-2-3-13-14(4-11)22-9-21-13/h2-4,12,15-16H,5-9H2,1H3/t12-,15-,16+/m0/s1. The van der Waals surface area contributed by atoms with Crippen molar-refractivity contribution >= 4 is 0 Å². The first-order chi connectivity index (χ1) is 11.7. The van der Waals surface area contributed by atoms with Gasteiger partial charge in [-0.25, -0.2) is 0 Å². The second-order valence-electron chi connectivity index (χ2n) is 6.71. The van der Waals surface area contributed by atoms with E-state index < -0.39 is 0 Å². The van der Waals surface area contributed by atoms with Crippen LogP contribution in [0.2, 0.25) is 0 Å². The first-order valence-corrected chi connectivity index (χ1v) is 8.31. The minimum absolute atomic E-state index is 0.0230. The molecule has 24 heavy (non-hydrogen) atoms. The van der Waals surface area contributed by atoms with Gasteiger partial charge in [0.15, 0.2) is 11.5 Å². The quantitative estimate of drug-likeness (QED) is 0.853. The van der Waals surface area contributed by atoms with Crippen LogP contribution in [-0.2, 0) is 11.3 Å². The number of fused-ring (bicyclic) bond motifs is 2. The van der Waals surface area contributed by atoms with Crippen molar-refractivity contribution in [1.82, 2.24) is 15.0 Å². The average molecular weight is 329 g/mol. The molecule has 126 valence electrons. The highest BCUT2D eigenvalue weighted by Gasteiger charge is 2.43. The van der Waals surface area contributed by atoms with Crippen molar-refractivity contribution in [2.45, 2.75) is 32.1 Å². The van der Waals surface area contributed by atoms with Gasteiger partial charge in [0.05, 0.1) is 6.10 Å². The van der Waals surface area contributed by atoms with Gasteiger partial charge < -0.3 is 18.7 Å². The van der Waals surface area contributed by atoms with E-state index in [1.54, 1.807) is 6.92 Å². The van der Waals surface area contributed by atoms with E-state index >= 15 is 0 Å². The molecule has 2 aromatic rings. The molecule has 0 N–H and O–H groups in total. The van der Waals surface area contributed by atoms with Gasteiger partial charge >= 0.3 is 0 Å². The largest absolute Gasteiger partial charge is 0.454 e. The van der Waals surface area contributed by atoms with Crippen LogP contribution in [0.3, 0.4) is 0 Å². The summed E-state index contributed by atoms with van der Waals surface area (Å²) in [5.74, 6) is 3.48.